The molecule has 0 fully saturated rings. The van der Waals surface area contributed by atoms with Crippen molar-refractivity contribution >= 4 is 130 Å². The van der Waals surface area contributed by atoms with Crippen molar-refractivity contribution in [3.8, 4) is 11.4 Å². The standard InChI is InChI=1S/C82H60N4Si3/c1-9-27-63(28-10-1)87(64-29-11-2-12-30-64,71-49-45-61(46-50-71)85-79-55-53-73(59-77(79)75-43-25-57-83-81(75)85)88(65-31-13-3-14-32-65,66-33-15-4-16-34-66)67-35-17-5-18-36-67)72-51-47-62(48-52-72)86-80-56-54-74(60-78(80)76-44-26-58-84-82(76)86)89(68-37-19-6-20-38-68,69-39-21-7-22-40-69)70-41-23-8-24-42-70/h1-60H. The predicted molar refractivity (Wildman–Crippen MR) is 382 cm³/mol. The van der Waals surface area contributed by atoms with Gasteiger partial charge in [0.1, 0.15) is 11.3 Å². The Balaban J connectivity index is 0.844. The molecule has 0 N–H and O–H groups in total. The molecule has 0 unspecified atom stereocenters. The number of pyridine rings is 2. The van der Waals surface area contributed by atoms with Gasteiger partial charge in [-0.05, 0) is 123 Å². The highest BCUT2D eigenvalue weighted by Gasteiger charge is 2.44. The van der Waals surface area contributed by atoms with E-state index in [4.69, 9.17) is 9.97 Å². The minimum atomic E-state index is -3.02. The first-order valence-electron chi connectivity index (χ1n) is 30.6. The molecule has 12 aromatic carbocycles. The van der Waals surface area contributed by atoms with Crippen LogP contribution in [0, 0.1) is 0 Å². The molecule has 16 rings (SSSR count). The Morgan fingerprint density at radius 3 is 0.674 bits per heavy atom. The Morgan fingerprint density at radius 2 is 0.416 bits per heavy atom. The van der Waals surface area contributed by atoms with Gasteiger partial charge in [0.05, 0.1) is 11.0 Å². The lowest BCUT2D eigenvalue weighted by atomic mass is 10.2. The summed E-state index contributed by atoms with van der Waals surface area (Å²) in [5.74, 6) is 0. The van der Waals surface area contributed by atoms with E-state index in [1.54, 1.807) is 0 Å². The maximum atomic E-state index is 5.17. The smallest absolute Gasteiger partial charge is 0.179 e. The molecule has 0 aliphatic heterocycles. The average Bonchev–Trinajstić information content (AvgIpc) is 2.10. The lowest BCUT2D eigenvalue weighted by Crippen LogP contribution is -2.74. The maximum Gasteiger partial charge on any atom is 0.179 e. The molecule has 0 bridgehead atoms. The zero-order chi connectivity index (χ0) is 59.2. The predicted octanol–water partition coefficient (Wildman–Crippen LogP) is 10.8. The van der Waals surface area contributed by atoms with Gasteiger partial charge in [-0.1, -0.05) is 291 Å². The Labute approximate surface area is 521 Å². The maximum absolute atomic E-state index is 5.17. The van der Waals surface area contributed by atoms with Gasteiger partial charge in [-0.2, -0.15) is 0 Å². The molecule has 0 amide bonds. The van der Waals surface area contributed by atoms with Crippen molar-refractivity contribution in [2.45, 2.75) is 0 Å². The van der Waals surface area contributed by atoms with Crippen molar-refractivity contribution < 1.29 is 0 Å². The summed E-state index contributed by atoms with van der Waals surface area (Å²) in [6.45, 7) is 0. The lowest BCUT2D eigenvalue weighted by molar-refractivity contribution is 1.14. The third-order valence-electron chi connectivity index (χ3n) is 18.7. The second-order valence-electron chi connectivity index (χ2n) is 23.2. The molecular weight excluding hydrogens is 1130 g/mol. The molecule has 0 aliphatic rings. The van der Waals surface area contributed by atoms with Gasteiger partial charge in [0, 0.05) is 45.3 Å². The Morgan fingerprint density at radius 1 is 0.191 bits per heavy atom. The van der Waals surface area contributed by atoms with Crippen LogP contribution in [0.4, 0.5) is 0 Å². The first-order chi connectivity index (χ1) is 44.2. The summed E-state index contributed by atoms with van der Waals surface area (Å²) in [5, 5.41) is 20.6. The third kappa shape index (κ3) is 8.61. The summed E-state index contributed by atoms with van der Waals surface area (Å²) in [6, 6.07) is 132. The number of hydrogen-bond acceptors (Lipinski definition) is 2. The molecule has 0 saturated heterocycles. The van der Waals surface area contributed by atoms with E-state index >= 15 is 0 Å². The Hall–Kier alpha value is -10.8. The highest BCUT2D eigenvalue weighted by molar-refractivity contribution is 7.21. The highest BCUT2D eigenvalue weighted by atomic mass is 28.3. The molecule has 0 atom stereocenters. The largest absolute Gasteiger partial charge is 0.294 e. The van der Waals surface area contributed by atoms with Crippen LogP contribution in [0.15, 0.2) is 364 Å². The first kappa shape index (κ1) is 53.6. The molecule has 7 heteroatoms. The first-order valence-corrected chi connectivity index (χ1v) is 36.6. The summed E-state index contributed by atoms with van der Waals surface area (Å²) in [7, 11) is -8.65. The van der Waals surface area contributed by atoms with E-state index in [1.165, 1.54) is 73.0 Å². The Kier molecular flexibility index (Phi) is 13.5. The van der Waals surface area contributed by atoms with E-state index in [-0.39, 0.29) is 0 Å². The van der Waals surface area contributed by atoms with Gasteiger partial charge in [0.25, 0.3) is 0 Å². The molecule has 0 spiro atoms. The number of fused-ring (bicyclic) bond motifs is 6. The minimum Gasteiger partial charge on any atom is -0.294 e. The van der Waals surface area contributed by atoms with Crippen LogP contribution < -0.4 is 62.2 Å². The molecule has 0 saturated carbocycles. The highest BCUT2D eigenvalue weighted by Crippen LogP contribution is 2.33. The number of benzene rings is 12. The van der Waals surface area contributed by atoms with Crippen molar-refractivity contribution in [1.82, 2.24) is 19.1 Å². The molecule has 4 heterocycles. The van der Waals surface area contributed by atoms with Crippen molar-refractivity contribution in [1.29, 1.82) is 0 Å². The fraction of sp³-hybridized carbons (Fsp3) is 0. The zero-order valence-electron chi connectivity index (χ0n) is 48.9. The van der Waals surface area contributed by atoms with Crippen LogP contribution in [0.3, 0.4) is 0 Å². The van der Waals surface area contributed by atoms with Crippen LogP contribution in [0.2, 0.25) is 0 Å². The molecular formula is C82H60N4Si3. The fourth-order valence-corrected chi connectivity index (χ4v) is 29.2. The van der Waals surface area contributed by atoms with Crippen LogP contribution in [0.25, 0.3) is 55.2 Å². The lowest BCUT2D eigenvalue weighted by Gasteiger charge is -2.35. The van der Waals surface area contributed by atoms with E-state index in [9.17, 15) is 0 Å². The van der Waals surface area contributed by atoms with Crippen molar-refractivity contribution in [3.63, 3.8) is 0 Å². The van der Waals surface area contributed by atoms with Crippen LogP contribution in [0.5, 0.6) is 0 Å². The molecule has 4 nitrogen and oxygen atoms in total. The quantitative estimate of drug-likeness (QED) is 0.0804. The summed E-state index contributed by atoms with van der Waals surface area (Å²) < 4.78 is 4.74. The monoisotopic (exact) mass is 1180 g/mol. The summed E-state index contributed by atoms with van der Waals surface area (Å²) in [5.41, 5.74) is 6.25. The van der Waals surface area contributed by atoms with E-state index in [0.29, 0.717) is 0 Å². The SMILES string of the molecule is c1ccc([Si](c2ccccc2)(c2ccc(-n3c4ccc([Si](c5ccccc5)(c5ccccc5)c5ccccc5)cc4c4cccnc43)cc2)c2ccc(-n3c4ccc([Si](c5ccccc5)(c5ccccc5)c5ccccc5)cc4c4cccnc43)cc2)cc1. The average molecular weight is 1190 g/mol. The van der Waals surface area contributed by atoms with Gasteiger partial charge < -0.3 is 0 Å². The summed E-state index contributed by atoms with van der Waals surface area (Å²) in [6.07, 6.45) is 3.86. The van der Waals surface area contributed by atoms with Crippen LogP contribution in [-0.4, -0.2) is 43.3 Å². The topological polar surface area (TPSA) is 35.6 Å². The minimum absolute atomic E-state index is 0.935. The second kappa shape index (κ2) is 22.5. The van der Waals surface area contributed by atoms with E-state index in [2.05, 4.69) is 361 Å². The number of aromatic nitrogens is 4. The van der Waals surface area contributed by atoms with Crippen molar-refractivity contribution in [2.24, 2.45) is 0 Å². The van der Waals surface area contributed by atoms with Gasteiger partial charge >= 0.3 is 0 Å². The normalized spacial score (nSPS) is 12.0. The fourth-order valence-electron chi connectivity index (χ4n) is 14.9. The second-order valence-corrected chi connectivity index (χ2v) is 34.6. The molecule has 0 radical (unpaired) electrons. The van der Waals surface area contributed by atoms with E-state index in [0.717, 1.165) is 44.5 Å². The zero-order valence-corrected chi connectivity index (χ0v) is 51.9. The van der Waals surface area contributed by atoms with Crippen LogP contribution >= 0.6 is 0 Å². The summed E-state index contributed by atoms with van der Waals surface area (Å²) >= 11 is 0. The van der Waals surface area contributed by atoms with Gasteiger partial charge in [0.2, 0.25) is 0 Å². The van der Waals surface area contributed by atoms with Gasteiger partial charge in [-0.25, -0.2) is 9.97 Å². The Bertz CT molecular complexity index is 4620. The van der Waals surface area contributed by atoms with E-state index in [1.807, 2.05) is 12.4 Å². The molecule has 420 valence electrons. The number of rotatable bonds is 14. The molecule has 0 aliphatic carbocycles. The third-order valence-corrected chi connectivity index (χ3v) is 33.0. The molecule has 4 aromatic heterocycles. The van der Waals surface area contributed by atoms with Crippen LogP contribution in [0.1, 0.15) is 0 Å². The van der Waals surface area contributed by atoms with Gasteiger partial charge in [0.15, 0.2) is 24.2 Å². The van der Waals surface area contributed by atoms with Gasteiger partial charge in [-0.3, -0.25) is 9.13 Å². The molecule has 16 aromatic rings. The van der Waals surface area contributed by atoms with Crippen molar-refractivity contribution in [2.75, 3.05) is 0 Å². The van der Waals surface area contributed by atoms with Crippen molar-refractivity contribution in [3.05, 3.63) is 364 Å². The number of nitrogens with zero attached hydrogens (tertiary/aromatic N) is 4. The summed E-state index contributed by atoms with van der Waals surface area (Å²) in [4.78, 5) is 10.3. The van der Waals surface area contributed by atoms with Crippen LogP contribution in [-0.2, 0) is 0 Å². The van der Waals surface area contributed by atoms with E-state index < -0.39 is 24.2 Å². The van der Waals surface area contributed by atoms with Gasteiger partial charge in [-0.15, -0.1) is 0 Å². The molecule has 89 heavy (non-hydrogen) atoms. The number of hydrogen-bond donors (Lipinski definition) is 0.